The summed E-state index contributed by atoms with van der Waals surface area (Å²) in [6, 6.07) is 7.66. The Morgan fingerprint density at radius 1 is 1.35 bits per heavy atom. The van der Waals surface area contributed by atoms with Crippen molar-refractivity contribution in [1.29, 1.82) is 0 Å². The highest BCUT2D eigenvalue weighted by Gasteiger charge is 2.24. The van der Waals surface area contributed by atoms with Crippen LogP contribution in [0.4, 0.5) is 5.69 Å². The van der Waals surface area contributed by atoms with Crippen LogP contribution in [-0.4, -0.2) is 19.6 Å². The molecule has 4 heteroatoms. The summed E-state index contributed by atoms with van der Waals surface area (Å²) in [6.45, 7) is 7.17. The van der Waals surface area contributed by atoms with Gasteiger partial charge in [-0.1, -0.05) is 39.0 Å². The van der Waals surface area contributed by atoms with Gasteiger partial charge in [-0.3, -0.25) is 4.79 Å². The van der Waals surface area contributed by atoms with Crippen LogP contribution < -0.4 is 11.1 Å². The molecule has 4 nitrogen and oxygen atoms in total. The normalized spacial score (nSPS) is 13.1. The Balaban J connectivity index is 2.78. The first-order valence-electron chi connectivity index (χ1n) is 6.95. The van der Waals surface area contributed by atoms with E-state index in [1.807, 2.05) is 24.3 Å². The molecule has 0 aliphatic heterocycles. The molecule has 0 aliphatic rings. The van der Waals surface area contributed by atoms with Crippen LogP contribution in [0.1, 0.15) is 32.8 Å². The summed E-state index contributed by atoms with van der Waals surface area (Å²) in [6.07, 6.45) is 0.766. The minimum absolute atomic E-state index is 0.0222. The first kappa shape index (κ1) is 16.7. The summed E-state index contributed by atoms with van der Waals surface area (Å²) in [7, 11) is 1.64. The second-order valence-corrected chi connectivity index (χ2v) is 6.28. The van der Waals surface area contributed by atoms with E-state index in [1.165, 1.54) is 0 Å². The summed E-state index contributed by atoms with van der Waals surface area (Å²) in [4.78, 5) is 12.3. The Bertz CT molecular complexity index is 438. The van der Waals surface area contributed by atoms with Crippen LogP contribution in [0.25, 0.3) is 0 Å². The number of rotatable bonds is 6. The zero-order valence-electron chi connectivity index (χ0n) is 12.9. The number of amides is 1. The van der Waals surface area contributed by atoms with Gasteiger partial charge in [0.2, 0.25) is 5.91 Å². The largest absolute Gasteiger partial charge is 0.380 e. The van der Waals surface area contributed by atoms with Gasteiger partial charge in [-0.15, -0.1) is 0 Å². The number of hydrogen-bond acceptors (Lipinski definition) is 3. The van der Waals surface area contributed by atoms with Crippen molar-refractivity contribution < 1.29 is 9.53 Å². The van der Waals surface area contributed by atoms with Crippen molar-refractivity contribution in [3.63, 3.8) is 0 Å². The number of carbonyl (C=O) groups excluding carboxylic acids is 1. The Morgan fingerprint density at radius 2 is 2.00 bits per heavy atom. The SMILES string of the molecule is COCc1ccccc1NC(=O)C(CN)CC(C)(C)C. The molecule has 0 bridgehead atoms. The number of carbonyl (C=O) groups is 1. The number of nitrogens with one attached hydrogen (secondary N) is 1. The number of hydrogen-bond donors (Lipinski definition) is 2. The van der Waals surface area contributed by atoms with Crippen LogP contribution >= 0.6 is 0 Å². The topological polar surface area (TPSA) is 64.3 Å². The molecule has 1 rings (SSSR count). The lowest BCUT2D eigenvalue weighted by atomic mass is 9.84. The van der Waals surface area contributed by atoms with Crippen LogP contribution in [0, 0.1) is 11.3 Å². The molecule has 0 aliphatic carbocycles. The number of nitrogens with two attached hydrogens (primary N) is 1. The van der Waals surface area contributed by atoms with E-state index >= 15 is 0 Å². The zero-order valence-corrected chi connectivity index (χ0v) is 12.9. The van der Waals surface area contributed by atoms with Crippen molar-refractivity contribution >= 4 is 11.6 Å². The lowest BCUT2D eigenvalue weighted by Gasteiger charge is -2.24. The third kappa shape index (κ3) is 5.31. The van der Waals surface area contributed by atoms with Gasteiger partial charge in [0.25, 0.3) is 0 Å². The van der Waals surface area contributed by atoms with Gasteiger partial charge in [0.15, 0.2) is 0 Å². The number of methoxy groups -OCH3 is 1. The smallest absolute Gasteiger partial charge is 0.228 e. The minimum Gasteiger partial charge on any atom is -0.380 e. The van der Waals surface area contributed by atoms with Gasteiger partial charge in [0.05, 0.1) is 12.5 Å². The highest BCUT2D eigenvalue weighted by molar-refractivity contribution is 5.93. The molecule has 112 valence electrons. The molecule has 0 spiro atoms. The Kier molecular flexibility index (Phi) is 6.17. The van der Waals surface area contributed by atoms with E-state index in [2.05, 4.69) is 26.1 Å². The van der Waals surface area contributed by atoms with Gasteiger partial charge in [-0.2, -0.15) is 0 Å². The predicted octanol–water partition coefficient (Wildman–Crippen LogP) is 2.78. The summed E-state index contributed by atoms with van der Waals surface area (Å²) in [5, 5.41) is 2.97. The first-order chi connectivity index (χ1) is 9.37. The minimum atomic E-state index is -0.175. The van der Waals surface area contributed by atoms with Crippen LogP contribution in [0.2, 0.25) is 0 Å². The van der Waals surface area contributed by atoms with Gasteiger partial charge in [-0.25, -0.2) is 0 Å². The molecule has 0 saturated heterocycles. The predicted molar refractivity (Wildman–Crippen MR) is 82.4 cm³/mol. The molecule has 0 saturated carbocycles. The molecule has 0 radical (unpaired) electrons. The zero-order chi connectivity index (χ0) is 15.2. The Hall–Kier alpha value is -1.39. The average Bonchev–Trinajstić information content (AvgIpc) is 2.37. The Labute approximate surface area is 121 Å². The van der Waals surface area contributed by atoms with E-state index in [0.29, 0.717) is 13.2 Å². The maximum Gasteiger partial charge on any atom is 0.228 e. The summed E-state index contributed by atoms with van der Waals surface area (Å²) >= 11 is 0. The second kappa shape index (κ2) is 7.41. The number of anilines is 1. The molecule has 0 aromatic heterocycles. The molecule has 0 fully saturated rings. The monoisotopic (exact) mass is 278 g/mol. The molecule has 1 amide bonds. The fraction of sp³-hybridized carbons (Fsp3) is 0.562. The van der Waals surface area contributed by atoms with Gasteiger partial charge >= 0.3 is 0 Å². The highest BCUT2D eigenvalue weighted by Crippen LogP contribution is 2.25. The second-order valence-electron chi connectivity index (χ2n) is 6.28. The van der Waals surface area contributed by atoms with Crippen LogP contribution in [0.5, 0.6) is 0 Å². The fourth-order valence-corrected chi connectivity index (χ4v) is 2.18. The molecule has 1 aromatic carbocycles. The van der Waals surface area contributed by atoms with Gasteiger partial charge < -0.3 is 15.8 Å². The lowest BCUT2D eigenvalue weighted by molar-refractivity contribution is -0.120. The van der Waals surface area contributed by atoms with E-state index < -0.39 is 0 Å². The van der Waals surface area contributed by atoms with Gasteiger partial charge in [-0.05, 0) is 17.9 Å². The summed E-state index contributed by atoms with van der Waals surface area (Å²) in [5.74, 6) is -0.198. The standard InChI is InChI=1S/C16H26N2O2/c1-16(2,3)9-13(10-17)15(19)18-14-8-6-5-7-12(14)11-20-4/h5-8,13H,9-11,17H2,1-4H3,(H,18,19). The molecular weight excluding hydrogens is 252 g/mol. The van der Waals surface area contributed by atoms with Crippen molar-refractivity contribution in [3.05, 3.63) is 29.8 Å². The van der Waals surface area contributed by atoms with Gasteiger partial charge in [0, 0.05) is 24.9 Å². The third-order valence-corrected chi connectivity index (χ3v) is 3.09. The van der Waals surface area contributed by atoms with Gasteiger partial charge in [0.1, 0.15) is 0 Å². The summed E-state index contributed by atoms with van der Waals surface area (Å²) < 4.78 is 5.14. The molecule has 0 heterocycles. The average molecular weight is 278 g/mol. The van der Waals surface area contributed by atoms with Crippen molar-refractivity contribution in [2.75, 3.05) is 19.0 Å². The van der Waals surface area contributed by atoms with Crippen molar-refractivity contribution in [1.82, 2.24) is 0 Å². The molecular formula is C16H26N2O2. The third-order valence-electron chi connectivity index (χ3n) is 3.09. The number of ether oxygens (including phenoxy) is 1. The molecule has 3 N–H and O–H groups in total. The maximum absolute atomic E-state index is 12.3. The number of para-hydroxylation sites is 1. The van der Waals surface area contributed by atoms with Crippen molar-refractivity contribution in [3.8, 4) is 0 Å². The maximum atomic E-state index is 12.3. The Morgan fingerprint density at radius 3 is 2.55 bits per heavy atom. The van der Waals surface area contributed by atoms with E-state index in [-0.39, 0.29) is 17.2 Å². The quantitative estimate of drug-likeness (QED) is 0.841. The fourth-order valence-electron chi connectivity index (χ4n) is 2.18. The molecule has 1 unspecified atom stereocenters. The van der Waals surface area contributed by atoms with Crippen molar-refractivity contribution in [2.24, 2.45) is 17.1 Å². The van der Waals surface area contributed by atoms with E-state index in [1.54, 1.807) is 7.11 Å². The van der Waals surface area contributed by atoms with E-state index in [0.717, 1.165) is 17.7 Å². The first-order valence-corrected chi connectivity index (χ1v) is 6.95. The van der Waals surface area contributed by atoms with E-state index in [9.17, 15) is 4.79 Å². The van der Waals surface area contributed by atoms with Crippen LogP contribution in [0.3, 0.4) is 0 Å². The van der Waals surface area contributed by atoms with E-state index in [4.69, 9.17) is 10.5 Å². The molecule has 20 heavy (non-hydrogen) atoms. The molecule has 1 aromatic rings. The summed E-state index contributed by atoms with van der Waals surface area (Å²) in [5.41, 5.74) is 7.59. The van der Waals surface area contributed by atoms with Crippen molar-refractivity contribution in [2.45, 2.75) is 33.8 Å². The molecule has 1 atom stereocenters. The highest BCUT2D eigenvalue weighted by atomic mass is 16.5. The number of benzene rings is 1. The van der Waals surface area contributed by atoms with Crippen LogP contribution in [-0.2, 0) is 16.1 Å². The van der Waals surface area contributed by atoms with Crippen LogP contribution in [0.15, 0.2) is 24.3 Å². The lowest BCUT2D eigenvalue weighted by Crippen LogP contribution is -2.32.